The van der Waals surface area contributed by atoms with Crippen LogP contribution in [0.1, 0.15) is 35.7 Å². The van der Waals surface area contributed by atoms with E-state index in [4.69, 9.17) is 0 Å². The van der Waals surface area contributed by atoms with Crippen LogP contribution in [0, 0.1) is 0 Å². The third-order valence-corrected chi connectivity index (χ3v) is 5.70. The number of para-hydroxylation sites is 1. The van der Waals surface area contributed by atoms with Crippen LogP contribution >= 0.6 is 11.3 Å². The summed E-state index contributed by atoms with van der Waals surface area (Å²) in [5.41, 5.74) is 2.59. The molecule has 2 heterocycles. The first kappa shape index (κ1) is 15.6. The van der Waals surface area contributed by atoms with E-state index in [2.05, 4.69) is 51.3 Å². The minimum atomic E-state index is 0.554. The Balaban J connectivity index is 1.25. The molecule has 2 N–H and O–H groups in total. The van der Waals surface area contributed by atoms with Crippen LogP contribution in [0.2, 0.25) is 0 Å². The van der Waals surface area contributed by atoms with E-state index in [9.17, 15) is 0 Å². The Kier molecular flexibility index (Phi) is 4.76. The fraction of sp³-hybridized carbons (Fsp3) is 0.350. The maximum absolute atomic E-state index is 4.66. The second-order valence-corrected chi connectivity index (χ2v) is 7.37. The minimum Gasteiger partial charge on any atom is -0.370 e. The van der Waals surface area contributed by atoms with Gasteiger partial charge in [0, 0.05) is 22.8 Å². The van der Waals surface area contributed by atoms with E-state index in [0.29, 0.717) is 6.04 Å². The number of nitrogens with one attached hydrogen (secondary N) is 2. The zero-order valence-corrected chi connectivity index (χ0v) is 14.6. The second-order valence-electron chi connectivity index (χ2n) is 6.37. The molecule has 3 aromatic rings. The Hall–Kier alpha value is -1.91. The molecule has 0 radical (unpaired) electrons. The minimum absolute atomic E-state index is 0.554. The Bertz CT molecular complexity index is 811. The molecule has 3 nitrogen and oxygen atoms in total. The van der Waals surface area contributed by atoms with Crippen molar-refractivity contribution in [3.05, 3.63) is 58.3 Å². The van der Waals surface area contributed by atoms with Gasteiger partial charge in [-0.1, -0.05) is 18.2 Å². The highest BCUT2D eigenvalue weighted by Crippen LogP contribution is 2.33. The zero-order valence-electron chi connectivity index (χ0n) is 13.8. The van der Waals surface area contributed by atoms with Gasteiger partial charge in [0.05, 0.1) is 5.52 Å². The monoisotopic (exact) mass is 337 g/mol. The summed E-state index contributed by atoms with van der Waals surface area (Å²) in [5, 5.41) is 10.6. The lowest BCUT2D eigenvalue weighted by atomic mass is 9.94. The number of hydrogen-bond acceptors (Lipinski definition) is 4. The maximum Gasteiger partial charge on any atom is 0.126 e. The molecule has 24 heavy (non-hydrogen) atoms. The summed E-state index contributed by atoms with van der Waals surface area (Å²) in [6, 6.07) is 15.3. The highest BCUT2D eigenvalue weighted by molar-refractivity contribution is 7.10. The summed E-state index contributed by atoms with van der Waals surface area (Å²) in [7, 11) is 0. The lowest BCUT2D eigenvalue weighted by molar-refractivity contribution is 0.462. The average Bonchev–Trinajstić information content (AvgIpc) is 3.11. The van der Waals surface area contributed by atoms with E-state index in [1.54, 1.807) is 4.88 Å². The predicted molar refractivity (Wildman–Crippen MR) is 103 cm³/mol. The third-order valence-electron chi connectivity index (χ3n) is 4.70. The first-order valence-electron chi connectivity index (χ1n) is 8.79. The van der Waals surface area contributed by atoms with Crippen LogP contribution in [-0.2, 0) is 6.42 Å². The van der Waals surface area contributed by atoms with E-state index in [-0.39, 0.29) is 0 Å². The Labute approximate surface area is 147 Å². The van der Waals surface area contributed by atoms with Crippen LogP contribution in [0.25, 0.3) is 10.9 Å². The number of aryl methyl sites for hydroxylation is 1. The Morgan fingerprint density at radius 1 is 1.08 bits per heavy atom. The molecule has 1 atom stereocenters. The number of nitrogens with zero attached hydrogens (tertiary/aromatic N) is 1. The van der Waals surface area contributed by atoms with E-state index < -0.39 is 0 Å². The number of rotatable bonds is 6. The van der Waals surface area contributed by atoms with Gasteiger partial charge in [-0.2, -0.15) is 0 Å². The molecule has 0 spiro atoms. The number of anilines is 1. The fourth-order valence-corrected chi connectivity index (χ4v) is 4.43. The van der Waals surface area contributed by atoms with Crippen molar-refractivity contribution in [2.75, 3.05) is 18.4 Å². The van der Waals surface area contributed by atoms with E-state index in [1.165, 1.54) is 30.2 Å². The van der Waals surface area contributed by atoms with Gasteiger partial charge in [0.1, 0.15) is 5.82 Å². The SMILES string of the molecule is c1ccc2nc(NCCCNC3CCCc4sccc43)ccc2c1. The summed E-state index contributed by atoms with van der Waals surface area (Å²) in [6.07, 6.45) is 4.94. The Morgan fingerprint density at radius 3 is 3.04 bits per heavy atom. The highest BCUT2D eigenvalue weighted by Gasteiger charge is 2.20. The predicted octanol–water partition coefficient (Wildman–Crippen LogP) is 4.77. The van der Waals surface area contributed by atoms with E-state index in [1.807, 2.05) is 23.5 Å². The summed E-state index contributed by atoms with van der Waals surface area (Å²) in [4.78, 5) is 6.24. The van der Waals surface area contributed by atoms with Crippen molar-refractivity contribution >= 4 is 28.1 Å². The van der Waals surface area contributed by atoms with Crippen LogP contribution in [-0.4, -0.2) is 18.1 Å². The van der Waals surface area contributed by atoms with E-state index >= 15 is 0 Å². The van der Waals surface area contributed by atoms with Crippen LogP contribution < -0.4 is 10.6 Å². The van der Waals surface area contributed by atoms with Gasteiger partial charge in [-0.05, 0) is 67.4 Å². The van der Waals surface area contributed by atoms with Gasteiger partial charge in [0.15, 0.2) is 0 Å². The van der Waals surface area contributed by atoms with Crippen LogP contribution in [0.3, 0.4) is 0 Å². The highest BCUT2D eigenvalue weighted by atomic mass is 32.1. The number of aromatic nitrogens is 1. The molecule has 0 amide bonds. The Morgan fingerprint density at radius 2 is 2.04 bits per heavy atom. The topological polar surface area (TPSA) is 37.0 Å². The number of hydrogen-bond donors (Lipinski definition) is 2. The van der Waals surface area contributed by atoms with Gasteiger partial charge >= 0.3 is 0 Å². The van der Waals surface area contributed by atoms with Crippen molar-refractivity contribution in [3.63, 3.8) is 0 Å². The summed E-state index contributed by atoms with van der Waals surface area (Å²) >= 11 is 1.91. The third kappa shape index (κ3) is 3.45. The molecular weight excluding hydrogens is 314 g/mol. The lowest BCUT2D eigenvalue weighted by Crippen LogP contribution is -2.26. The first-order chi connectivity index (χ1) is 11.9. The van der Waals surface area contributed by atoms with Crippen LogP contribution in [0.5, 0.6) is 0 Å². The van der Waals surface area contributed by atoms with Gasteiger partial charge < -0.3 is 10.6 Å². The molecule has 1 unspecified atom stereocenters. The standard InChI is InChI=1S/C20H23N3S/c1-2-6-17-15(5-1)9-10-20(23-17)22-13-4-12-21-18-7-3-8-19-16(18)11-14-24-19/h1-2,5-6,9-11,14,18,21H,3-4,7-8,12-13H2,(H,22,23). The number of fused-ring (bicyclic) bond motifs is 2. The van der Waals surface area contributed by atoms with Crippen molar-refractivity contribution in [1.29, 1.82) is 0 Å². The number of benzene rings is 1. The number of thiophene rings is 1. The fourth-order valence-electron chi connectivity index (χ4n) is 3.44. The zero-order chi connectivity index (χ0) is 16.2. The van der Waals surface area contributed by atoms with Crippen LogP contribution in [0.15, 0.2) is 47.8 Å². The first-order valence-corrected chi connectivity index (χ1v) is 9.67. The molecule has 0 saturated carbocycles. The summed E-state index contributed by atoms with van der Waals surface area (Å²) < 4.78 is 0. The van der Waals surface area contributed by atoms with Crippen molar-refractivity contribution in [1.82, 2.24) is 10.3 Å². The molecule has 0 bridgehead atoms. The molecule has 2 aromatic heterocycles. The lowest BCUT2D eigenvalue weighted by Gasteiger charge is -2.23. The maximum atomic E-state index is 4.66. The molecule has 4 heteroatoms. The van der Waals surface area contributed by atoms with Gasteiger partial charge in [-0.25, -0.2) is 4.98 Å². The summed E-state index contributed by atoms with van der Waals surface area (Å²) in [5.74, 6) is 0.964. The van der Waals surface area contributed by atoms with Gasteiger partial charge in [-0.3, -0.25) is 0 Å². The molecule has 1 aromatic carbocycles. The second kappa shape index (κ2) is 7.32. The molecular formula is C20H23N3S. The largest absolute Gasteiger partial charge is 0.370 e. The van der Waals surface area contributed by atoms with Crippen molar-refractivity contribution in [2.24, 2.45) is 0 Å². The average molecular weight is 337 g/mol. The van der Waals surface area contributed by atoms with Crippen molar-refractivity contribution in [3.8, 4) is 0 Å². The quantitative estimate of drug-likeness (QED) is 0.637. The van der Waals surface area contributed by atoms with Crippen molar-refractivity contribution < 1.29 is 0 Å². The van der Waals surface area contributed by atoms with Gasteiger partial charge in [0.2, 0.25) is 0 Å². The molecule has 0 saturated heterocycles. The number of pyridine rings is 1. The molecule has 124 valence electrons. The van der Waals surface area contributed by atoms with Gasteiger partial charge in [-0.15, -0.1) is 11.3 Å². The van der Waals surface area contributed by atoms with Crippen LogP contribution in [0.4, 0.5) is 5.82 Å². The summed E-state index contributed by atoms with van der Waals surface area (Å²) in [6.45, 7) is 1.99. The normalized spacial score (nSPS) is 16.9. The smallest absolute Gasteiger partial charge is 0.126 e. The molecule has 1 aliphatic rings. The molecule has 0 aliphatic heterocycles. The molecule has 1 aliphatic carbocycles. The molecule has 4 rings (SSSR count). The van der Waals surface area contributed by atoms with Gasteiger partial charge in [0.25, 0.3) is 0 Å². The molecule has 0 fully saturated rings. The van der Waals surface area contributed by atoms with E-state index in [0.717, 1.165) is 30.8 Å². The van der Waals surface area contributed by atoms with Crippen molar-refractivity contribution in [2.45, 2.75) is 31.7 Å².